The number of hydrogen-bond donors (Lipinski definition) is 2. The molecular weight excluding hydrogens is 272 g/mol. The molecule has 1 aromatic rings. The van der Waals surface area contributed by atoms with E-state index in [1.165, 1.54) is 12.8 Å². The lowest BCUT2D eigenvalue weighted by Gasteiger charge is -2.36. The molecule has 110 valence electrons. The average Bonchev–Trinajstić information content (AvgIpc) is 3.24. The molecule has 0 radical (unpaired) electrons. The largest absolute Gasteiger partial charge is 0.391 e. The van der Waals surface area contributed by atoms with E-state index in [0.717, 1.165) is 35.8 Å². The molecule has 2 atom stereocenters. The van der Waals surface area contributed by atoms with E-state index in [1.54, 1.807) is 0 Å². The number of hydrogen-bond acceptors (Lipinski definition) is 3. The number of anilines is 1. The molecule has 1 aliphatic carbocycles. The Bertz CT molecular complexity index is 476. The van der Waals surface area contributed by atoms with E-state index >= 15 is 0 Å². The van der Waals surface area contributed by atoms with Crippen molar-refractivity contribution in [2.24, 2.45) is 5.92 Å². The van der Waals surface area contributed by atoms with E-state index in [2.05, 4.69) is 29.3 Å². The lowest BCUT2D eigenvalue weighted by atomic mass is 9.95. The van der Waals surface area contributed by atoms with Gasteiger partial charge in [0.1, 0.15) is 0 Å². The highest BCUT2D eigenvalue weighted by atomic mass is 35.5. The zero-order chi connectivity index (χ0) is 14.1. The number of rotatable bonds is 4. The van der Waals surface area contributed by atoms with Gasteiger partial charge in [0.25, 0.3) is 0 Å². The molecule has 4 heteroatoms. The van der Waals surface area contributed by atoms with Crippen LogP contribution in [-0.4, -0.2) is 30.3 Å². The van der Waals surface area contributed by atoms with Crippen LogP contribution < -0.4 is 10.2 Å². The second-order valence-corrected chi connectivity index (χ2v) is 6.62. The van der Waals surface area contributed by atoms with Gasteiger partial charge in [-0.15, -0.1) is 0 Å². The fraction of sp³-hybridized carbons (Fsp3) is 0.625. The van der Waals surface area contributed by atoms with Crippen LogP contribution in [0.5, 0.6) is 0 Å². The lowest BCUT2D eigenvalue weighted by Crippen LogP contribution is -2.42. The summed E-state index contributed by atoms with van der Waals surface area (Å²) in [6.45, 7) is 4.66. The van der Waals surface area contributed by atoms with Crippen LogP contribution in [0.25, 0.3) is 0 Å². The zero-order valence-corrected chi connectivity index (χ0v) is 12.7. The minimum atomic E-state index is -0.237. The first-order valence-corrected chi connectivity index (χ1v) is 7.96. The molecule has 3 rings (SSSR count). The third-order valence-corrected chi connectivity index (χ3v) is 4.83. The van der Waals surface area contributed by atoms with Crippen molar-refractivity contribution in [2.45, 2.75) is 44.9 Å². The maximum absolute atomic E-state index is 10.0. The van der Waals surface area contributed by atoms with Crippen LogP contribution in [0.15, 0.2) is 18.2 Å². The lowest BCUT2D eigenvalue weighted by molar-refractivity contribution is 0.103. The molecule has 0 amide bonds. The van der Waals surface area contributed by atoms with Crippen LogP contribution in [0.3, 0.4) is 0 Å². The highest BCUT2D eigenvalue weighted by Gasteiger charge is 2.25. The van der Waals surface area contributed by atoms with E-state index in [0.29, 0.717) is 18.5 Å². The van der Waals surface area contributed by atoms with Gasteiger partial charge < -0.3 is 15.3 Å². The second-order valence-electron chi connectivity index (χ2n) is 6.21. The van der Waals surface area contributed by atoms with Crippen molar-refractivity contribution in [2.75, 3.05) is 18.0 Å². The molecule has 1 saturated heterocycles. The Morgan fingerprint density at radius 3 is 2.80 bits per heavy atom. The van der Waals surface area contributed by atoms with Gasteiger partial charge in [0.15, 0.2) is 0 Å². The topological polar surface area (TPSA) is 35.5 Å². The molecular formula is C16H23ClN2O. The first-order valence-electron chi connectivity index (χ1n) is 7.58. The van der Waals surface area contributed by atoms with Gasteiger partial charge in [-0.2, -0.15) is 0 Å². The highest BCUT2D eigenvalue weighted by molar-refractivity contribution is 6.31. The van der Waals surface area contributed by atoms with Crippen molar-refractivity contribution in [3.8, 4) is 0 Å². The summed E-state index contributed by atoms with van der Waals surface area (Å²) in [5, 5.41) is 14.3. The van der Waals surface area contributed by atoms with Crippen LogP contribution in [-0.2, 0) is 6.54 Å². The highest BCUT2D eigenvalue weighted by Crippen LogP contribution is 2.28. The summed E-state index contributed by atoms with van der Waals surface area (Å²) in [5.74, 6) is 0.392. The predicted octanol–water partition coefficient (Wildman–Crippen LogP) is 2.80. The third kappa shape index (κ3) is 3.27. The number of β-amino-alcohol motifs (C(OH)–C–C–N with tert-alkyl or cyclic N) is 1. The quantitative estimate of drug-likeness (QED) is 0.896. The monoisotopic (exact) mass is 294 g/mol. The van der Waals surface area contributed by atoms with Crippen LogP contribution >= 0.6 is 11.6 Å². The van der Waals surface area contributed by atoms with E-state index in [9.17, 15) is 5.11 Å². The molecule has 1 aromatic carbocycles. The fourth-order valence-electron chi connectivity index (χ4n) is 2.70. The summed E-state index contributed by atoms with van der Waals surface area (Å²) >= 11 is 6.39. The molecule has 2 fully saturated rings. The van der Waals surface area contributed by atoms with Crippen LogP contribution in [0.4, 0.5) is 5.69 Å². The van der Waals surface area contributed by atoms with E-state index in [1.807, 2.05) is 6.07 Å². The van der Waals surface area contributed by atoms with Gasteiger partial charge in [-0.3, -0.25) is 0 Å². The maximum atomic E-state index is 10.0. The van der Waals surface area contributed by atoms with Gasteiger partial charge in [-0.05, 0) is 42.9 Å². The van der Waals surface area contributed by atoms with Crippen LogP contribution in [0.2, 0.25) is 5.02 Å². The maximum Gasteiger partial charge on any atom is 0.0741 e. The van der Waals surface area contributed by atoms with Crippen LogP contribution in [0, 0.1) is 5.92 Å². The number of halogens is 1. The van der Waals surface area contributed by atoms with Crippen LogP contribution in [0.1, 0.15) is 31.7 Å². The molecule has 0 bridgehead atoms. The Kier molecular flexibility index (Phi) is 4.20. The van der Waals surface area contributed by atoms with Gasteiger partial charge >= 0.3 is 0 Å². The van der Waals surface area contributed by atoms with Gasteiger partial charge in [0.2, 0.25) is 0 Å². The summed E-state index contributed by atoms with van der Waals surface area (Å²) in [7, 11) is 0. The Morgan fingerprint density at radius 1 is 1.35 bits per heavy atom. The molecule has 1 aliphatic heterocycles. The molecule has 1 saturated carbocycles. The molecule has 0 aromatic heterocycles. The number of nitrogens with one attached hydrogen (secondary N) is 1. The normalized spacial score (nSPS) is 26.9. The SMILES string of the molecule is CC1CCN(c2ccc(CNC3CC3)c(Cl)c2)CC1O. The van der Waals surface area contributed by atoms with E-state index in [-0.39, 0.29) is 6.10 Å². The smallest absolute Gasteiger partial charge is 0.0741 e. The third-order valence-electron chi connectivity index (χ3n) is 4.48. The van der Waals surface area contributed by atoms with E-state index < -0.39 is 0 Å². The number of nitrogens with zero attached hydrogens (tertiary/aromatic N) is 1. The van der Waals surface area contributed by atoms with Crippen molar-refractivity contribution < 1.29 is 5.11 Å². The number of aliphatic hydroxyl groups is 1. The number of benzene rings is 1. The fourth-order valence-corrected chi connectivity index (χ4v) is 2.94. The minimum absolute atomic E-state index is 0.237. The summed E-state index contributed by atoms with van der Waals surface area (Å²) in [5.41, 5.74) is 2.28. The van der Waals surface area contributed by atoms with Crippen molar-refractivity contribution >= 4 is 17.3 Å². The number of piperidine rings is 1. The predicted molar refractivity (Wildman–Crippen MR) is 83.3 cm³/mol. The summed E-state index contributed by atoms with van der Waals surface area (Å²) in [6.07, 6.45) is 3.38. The molecule has 0 spiro atoms. The Labute approximate surface area is 125 Å². The minimum Gasteiger partial charge on any atom is -0.391 e. The molecule has 2 unspecified atom stereocenters. The Hall–Kier alpha value is -0.770. The first-order chi connectivity index (χ1) is 9.63. The first kappa shape index (κ1) is 14.2. The second kappa shape index (κ2) is 5.92. The van der Waals surface area contributed by atoms with Crippen molar-refractivity contribution in [1.82, 2.24) is 5.32 Å². The van der Waals surface area contributed by atoms with Gasteiger partial charge in [-0.1, -0.05) is 24.6 Å². The zero-order valence-electron chi connectivity index (χ0n) is 12.0. The molecule has 3 nitrogen and oxygen atoms in total. The molecule has 1 heterocycles. The summed E-state index contributed by atoms with van der Waals surface area (Å²) < 4.78 is 0. The summed E-state index contributed by atoms with van der Waals surface area (Å²) in [4.78, 5) is 2.23. The van der Waals surface area contributed by atoms with Crippen molar-refractivity contribution in [3.05, 3.63) is 28.8 Å². The Morgan fingerprint density at radius 2 is 2.15 bits per heavy atom. The molecule has 20 heavy (non-hydrogen) atoms. The van der Waals surface area contributed by atoms with Crippen molar-refractivity contribution in [1.29, 1.82) is 0 Å². The Balaban J connectivity index is 1.66. The van der Waals surface area contributed by atoms with Gasteiger partial charge in [0.05, 0.1) is 6.10 Å². The average molecular weight is 295 g/mol. The number of aliphatic hydroxyl groups excluding tert-OH is 1. The molecule has 2 aliphatic rings. The van der Waals surface area contributed by atoms with Gasteiger partial charge in [0, 0.05) is 36.4 Å². The van der Waals surface area contributed by atoms with E-state index in [4.69, 9.17) is 11.6 Å². The van der Waals surface area contributed by atoms with Gasteiger partial charge in [-0.25, -0.2) is 0 Å². The van der Waals surface area contributed by atoms with Crippen molar-refractivity contribution in [3.63, 3.8) is 0 Å². The summed E-state index contributed by atoms with van der Waals surface area (Å²) in [6, 6.07) is 6.97. The molecule has 2 N–H and O–H groups in total. The standard InChI is InChI=1S/C16H23ClN2O/c1-11-6-7-19(10-16(11)20)14-5-2-12(15(17)8-14)9-18-13-3-4-13/h2,5,8,11,13,16,18,20H,3-4,6-7,9-10H2,1H3.